The second-order valence-electron chi connectivity index (χ2n) is 7.06. The van der Waals surface area contributed by atoms with E-state index in [0.717, 1.165) is 0 Å². The normalized spacial score (nSPS) is 20.0. The lowest BCUT2D eigenvalue weighted by molar-refractivity contribution is -0.138. The third kappa shape index (κ3) is 5.07. The van der Waals surface area contributed by atoms with Gasteiger partial charge in [-0.25, -0.2) is 9.64 Å². The van der Waals surface area contributed by atoms with Crippen LogP contribution in [0.3, 0.4) is 0 Å². The molecule has 0 unspecified atom stereocenters. The highest BCUT2D eigenvalue weighted by Gasteiger charge is 2.40. The Morgan fingerprint density at radius 2 is 2.19 bits per heavy atom. The van der Waals surface area contributed by atoms with Crippen LogP contribution in [0.4, 0.5) is 25.1 Å². The SMILES string of the molecule is [C-]#[N+]c1c(Br)nn([C@H]2C[C@H](COC(F)F)N(C(=O)OC(C)(C)C)C2)c1NC. The molecule has 0 radical (unpaired) electrons. The number of anilines is 1. The van der Waals surface area contributed by atoms with Crippen molar-refractivity contribution >= 4 is 33.5 Å². The first-order valence-electron chi connectivity index (χ1n) is 8.30. The van der Waals surface area contributed by atoms with E-state index in [0.29, 0.717) is 22.5 Å². The maximum Gasteiger partial charge on any atom is 0.410 e. The Labute approximate surface area is 164 Å². The number of nitrogens with one attached hydrogen (secondary N) is 1. The molecule has 27 heavy (non-hydrogen) atoms. The Hall–Kier alpha value is -1.93. The molecule has 1 N–H and O–H groups in total. The van der Waals surface area contributed by atoms with Gasteiger partial charge in [0, 0.05) is 13.6 Å². The number of amides is 1. The van der Waals surface area contributed by atoms with Crippen LogP contribution in [-0.4, -0.2) is 59.2 Å². The molecule has 1 saturated heterocycles. The number of alkyl halides is 2. The zero-order valence-corrected chi connectivity index (χ0v) is 17.1. The van der Waals surface area contributed by atoms with Crippen molar-refractivity contribution < 1.29 is 23.0 Å². The van der Waals surface area contributed by atoms with Crippen molar-refractivity contribution in [2.75, 3.05) is 25.5 Å². The highest BCUT2D eigenvalue weighted by molar-refractivity contribution is 9.10. The molecule has 0 saturated carbocycles. The largest absolute Gasteiger partial charge is 0.444 e. The fraction of sp³-hybridized carbons (Fsp3) is 0.688. The van der Waals surface area contributed by atoms with Crippen molar-refractivity contribution in [2.45, 2.75) is 51.5 Å². The molecule has 1 fully saturated rings. The minimum absolute atomic E-state index is 0.201. The van der Waals surface area contributed by atoms with E-state index in [1.807, 2.05) is 0 Å². The summed E-state index contributed by atoms with van der Waals surface area (Å²) in [7, 11) is 1.66. The maximum absolute atomic E-state index is 12.5. The lowest BCUT2D eigenvalue weighted by atomic mass is 10.2. The Bertz CT molecular complexity index is 729. The van der Waals surface area contributed by atoms with E-state index in [1.54, 1.807) is 32.5 Å². The minimum Gasteiger partial charge on any atom is -0.444 e. The van der Waals surface area contributed by atoms with Gasteiger partial charge in [0.25, 0.3) is 5.69 Å². The van der Waals surface area contributed by atoms with E-state index in [4.69, 9.17) is 11.3 Å². The van der Waals surface area contributed by atoms with Gasteiger partial charge >= 0.3 is 12.7 Å². The van der Waals surface area contributed by atoms with Gasteiger partial charge in [0.1, 0.15) is 16.0 Å². The van der Waals surface area contributed by atoms with Crippen molar-refractivity contribution in [3.05, 3.63) is 16.0 Å². The van der Waals surface area contributed by atoms with Gasteiger partial charge in [-0.2, -0.15) is 13.9 Å². The molecule has 0 aromatic carbocycles. The third-order valence-corrected chi connectivity index (χ3v) is 4.51. The summed E-state index contributed by atoms with van der Waals surface area (Å²) in [5.41, 5.74) is -0.403. The number of hydrogen-bond acceptors (Lipinski definition) is 5. The quantitative estimate of drug-likeness (QED) is 0.686. The molecule has 1 aliphatic rings. The van der Waals surface area contributed by atoms with Crippen LogP contribution in [-0.2, 0) is 9.47 Å². The van der Waals surface area contributed by atoms with Gasteiger partial charge in [-0.3, -0.25) is 4.68 Å². The topological polar surface area (TPSA) is 73.0 Å². The summed E-state index contributed by atoms with van der Waals surface area (Å²) in [5, 5.41) is 7.25. The van der Waals surface area contributed by atoms with Gasteiger partial charge in [0.05, 0.1) is 25.3 Å². The van der Waals surface area contributed by atoms with Crippen molar-refractivity contribution in [1.29, 1.82) is 0 Å². The van der Waals surface area contributed by atoms with Gasteiger partial charge in [-0.05, 0) is 43.1 Å². The van der Waals surface area contributed by atoms with Crippen LogP contribution in [0.5, 0.6) is 0 Å². The number of halogens is 3. The van der Waals surface area contributed by atoms with Gasteiger partial charge in [-0.1, -0.05) is 0 Å². The Kier molecular flexibility index (Phi) is 6.64. The first-order chi connectivity index (χ1) is 12.6. The number of aromatic nitrogens is 2. The van der Waals surface area contributed by atoms with E-state index in [9.17, 15) is 13.6 Å². The number of carbonyl (C=O) groups is 1. The highest BCUT2D eigenvalue weighted by atomic mass is 79.9. The van der Waals surface area contributed by atoms with Crippen molar-refractivity contribution in [1.82, 2.24) is 14.7 Å². The molecule has 2 rings (SSSR count). The first kappa shape index (κ1) is 21.4. The van der Waals surface area contributed by atoms with E-state index < -0.39 is 24.3 Å². The summed E-state index contributed by atoms with van der Waals surface area (Å²) in [5.74, 6) is 0.487. The van der Waals surface area contributed by atoms with E-state index in [1.165, 1.54) is 4.90 Å². The van der Waals surface area contributed by atoms with Gasteiger partial charge in [0.15, 0.2) is 0 Å². The second-order valence-corrected chi connectivity index (χ2v) is 7.82. The van der Waals surface area contributed by atoms with Crippen LogP contribution >= 0.6 is 15.9 Å². The Balaban J connectivity index is 2.28. The highest BCUT2D eigenvalue weighted by Crippen LogP contribution is 2.38. The molecule has 1 amide bonds. The number of hydrogen-bond donors (Lipinski definition) is 1. The summed E-state index contributed by atoms with van der Waals surface area (Å²) in [4.78, 5) is 17.4. The molecule has 2 heterocycles. The molecule has 2 atom stereocenters. The Morgan fingerprint density at radius 1 is 1.52 bits per heavy atom. The lowest BCUT2D eigenvalue weighted by Crippen LogP contribution is -2.42. The maximum atomic E-state index is 12.5. The molecular formula is C16H22BrF2N5O3. The van der Waals surface area contributed by atoms with E-state index in [-0.39, 0.29) is 19.2 Å². The average Bonchev–Trinajstić information content (AvgIpc) is 3.11. The molecule has 8 nitrogen and oxygen atoms in total. The third-order valence-electron chi connectivity index (χ3n) is 3.97. The van der Waals surface area contributed by atoms with Gasteiger partial charge < -0.3 is 19.7 Å². The molecule has 150 valence electrons. The second kappa shape index (κ2) is 8.39. The standard InChI is InChI=1S/C16H22BrF2N5O3/c1-16(2,3)27-15(25)23-7-9(6-10(23)8-26-14(18)19)24-13(21-5)11(20-4)12(17)22-24/h9-10,14,21H,6-8H2,1-3,5H3/t9-,10+/m0/s1. The van der Waals surface area contributed by atoms with E-state index in [2.05, 4.69) is 35.9 Å². The molecule has 0 spiro atoms. The number of ether oxygens (including phenoxy) is 2. The molecule has 11 heteroatoms. The predicted octanol–water partition coefficient (Wildman–Crippen LogP) is 4.03. The van der Waals surface area contributed by atoms with Crippen LogP contribution in [0.25, 0.3) is 4.85 Å². The number of carbonyl (C=O) groups excluding carboxylic acids is 1. The predicted molar refractivity (Wildman–Crippen MR) is 98.1 cm³/mol. The average molecular weight is 450 g/mol. The van der Waals surface area contributed by atoms with Gasteiger partial charge in [0.2, 0.25) is 0 Å². The monoisotopic (exact) mass is 449 g/mol. The summed E-state index contributed by atoms with van der Waals surface area (Å²) in [6.07, 6.45) is -0.262. The summed E-state index contributed by atoms with van der Waals surface area (Å²) < 4.78 is 36.8. The van der Waals surface area contributed by atoms with Gasteiger partial charge in [-0.15, -0.1) is 0 Å². The van der Waals surface area contributed by atoms with Crippen LogP contribution in [0, 0.1) is 6.57 Å². The first-order valence-corrected chi connectivity index (χ1v) is 9.09. The summed E-state index contributed by atoms with van der Waals surface area (Å²) in [6.45, 7) is 9.43. The molecule has 0 bridgehead atoms. The lowest BCUT2D eigenvalue weighted by Gasteiger charge is -2.28. The van der Waals surface area contributed by atoms with Crippen LogP contribution in [0.2, 0.25) is 0 Å². The van der Waals surface area contributed by atoms with Crippen molar-refractivity contribution in [3.8, 4) is 0 Å². The van der Waals surface area contributed by atoms with E-state index >= 15 is 0 Å². The minimum atomic E-state index is -2.93. The Morgan fingerprint density at radius 3 is 2.70 bits per heavy atom. The van der Waals surface area contributed by atoms with Crippen LogP contribution in [0.15, 0.2) is 4.60 Å². The molecule has 0 aliphatic carbocycles. The fourth-order valence-electron chi connectivity index (χ4n) is 2.95. The molecule has 1 aliphatic heterocycles. The molecule has 1 aromatic rings. The smallest absolute Gasteiger partial charge is 0.410 e. The number of rotatable bonds is 5. The summed E-state index contributed by atoms with van der Waals surface area (Å²) in [6, 6.07) is -0.916. The molecular weight excluding hydrogens is 428 g/mol. The van der Waals surface area contributed by atoms with Crippen LogP contribution < -0.4 is 5.32 Å². The zero-order chi connectivity index (χ0) is 20.4. The van der Waals surface area contributed by atoms with Crippen molar-refractivity contribution in [2.24, 2.45) is 0 Å². The zero-order valence-electron chi connectivity index (χ0n) is 15.5. The number of likely N-dealkylation sites (tertiary alicyclic amines) is 1. The summed E-state index contributed by atoms with van der Waals surface area (Å²) >= 11 is 3.25. The van der Waals surface area contributed by atoms with Crippen LogP contribution in [0.1, 0.15) is 33.2 Å². The fourth-order valence-corrected chi connectivity index (χ4v) is 3.40. The van der Waals surface area contributed by atoms with Crippen molar-refractivity contribution in [3.63, 3.8) is 0 Å². The number of nitrogens with zero attached hydrogens (tertiary/aromatic N) is 4. The molecule has 1 aromatic heterocycles.